The monoisotopic (exact) mass is 349 g/mol. The lowest BCUT2D eigenvalue weighted by Crippen LogP contribution is -2.50. The lowest BCUT2D eigenvalue weighted by Gasteiger charge is -2.33. The highest BCUT2D eigenvalue weighted by molar-refractivity contribution is 5.74. The normalized spacial score (nSPS) is 23.0. The smallest absolute Gasteiger partial charge is 0.317 e. The number of carbonyl (C=O) groups excluding carboxylic acids is 1. The van der Waals surface area contributed by atoms with Crippen LogP contribution >= 0.6 is 0 Å². The fourth-order valence-corrected chi connectivity index (χ4v) is 3.73. The van der Waals surface area contributed by atoms with E-state index in [1.54, 1.807) is 0 Å². The Kier molecular flexibility index (Phi) is 6.31. The van der Waals surface area contributed by atoms with Gasteiger partial charge < -0.3 is 19.5 Å². The van der Waals surface area contributed by atoms with Gasteiger partial charge in [0.05, 0.1) is 13.2 Å². The predicted octanol–water partition coefficient (Wildman–Crippen LogP) is 1.33. The number of hydrogen-bond acceptors (Lipinski definition) is 4. The van der Waals surface area contributed by atoms with Crippen molar-refractivity contribution in [1.82, 2.24) is 24.7 Å². The summed E-state index contributed by atoms with van der Waals surface area (Å²) in [5.41, 5.74) is 0. The maximum atomic E-state index is 12.6. The predicted molar refractivity (Wildman–Crippen MR) is 96.5 cm³/mol. The van der Waals surface area contributed by atoms with Gasteiger partial charge in [-0.05, 0) is 25.7 Å². The second kappa shape index (κ2) is 8.67. The number of nitrogens with zero attached hydrogens (tertiary/aromatic N) is 4. The zero-order valence-corrected chi connectivity index (χ0v) is 15.5. The van der Waals surface area contributed by atoms with Gasteiger partial charge in [0.25, 0.3) is 0 Å². The van der Waals surface area contributed by atoms with Gasteiger partial charge in [-0.2, -0.15) is 0 Å². The van der Waals surface area contributed by atoms with Crippen LogP contribution in [0.5, 0.6) is 0 Å². The number of ether oxygens (including phenoxy) is 1. The third kappa shape index (κ3) is 4.95. The summed E-state index contributed by atoms with van der Waals surface area (Å²) in [5.74, 6) is 1.39. The second-order valence-corrected chi connectivity index (χ2v) is 7.32. The number of imidazole rings is 1. The number of urea groups is 1. The lowest BCUT2D eigenvalue weighted by atomic mass is 10.2. The van der Waals surface area contributed by atoms with Gasteiger partial charge in [0, 0.05) is 57.7 Å². The molecule has 2 amide bonds. The molecule has 1 aromatic heterocycles. The van der Waals surface area contributed by atoms with Gasteiger partial charge in [-0.25, -0.2) is 9.78 Å². The molecule has 0 spiro atoms. The Hall–Kier alpha value is -1.60. The van der Waals surface area contributed by atoms with Gasteiger partial charge in [-0.1, -0.05) is 6.92 Å². The van der Waals surface area contributed by atoms with Crippen LogP contribution in [0.25, 0.3) is 0 Å². The Morgan fingerprint density at radius 1 is 1.40 bits per heavy atom. The highest BCUT2D eigenvalue weighted by Gasteiger charge is 2.30. The van der Waals surface area contributed by atoms with Crippen molar-refractivity contribution in [2.24, 2.45) is 5.92 Å². The molecular formula is C18H31N5O2. The van der Waals surface area contributed by atoms with E-state index in [4.69, 9.17) is 4.74 Å². The van der Waals surface area contributed by atoms with E-state index in [1.165, 1.54) is 0 Å². The van der Waals surface area contributed by atoms with E-state index in [0.717, 1.165) is 64.6 Å². The molecule has 0 saturated carbocycles. The van der Waals surface area contributed by atoms with Crippen LogP contribution in [0.2, 0.25) is 0 Å². The molecule has 1 aromatic rings. The van der Waals surface area contributed by atoms with Crippen molar-refractivity contribution in [1.29, 1.82) is 0 Å². The highest BCUT2D eigenvalue weighted by atomic mass is 16.5. The molecule has 140 valence electrons. The Morgan fingerprint density at radius 3 is 2.92 bits per heavy atom. The van der Waals surface area contributed by atoms with Gasteiger partial charge in [-0.15, -0.1) is 0 Å². The molecular weight excluding hydrogens is 318 g/mol. The summed E-state index contributed by atoms with van der Waals surface area (Å²) in [6.07, 6.45) is 6.02. The molecule has 3 rings (SSSR count). The van der Waals surface area contributed by atoms with Crippen molar-refractivity contribution in [3.63, 3.8) is 0 Å². The molecule has 1 N–H and O–H groups in total. The molecule has 0 radical (unpaired) electrons. The van der Waals surface area contributed by atoms with Crippen LogP contribution in [0.3, 0.4) is 0 Å². The molecule has 3 heterocycles. The van der Waals surface area contributed by atoms with Gasteiger partial charge in [-0.3, -0.25) is 4.90 Å². The maximum absolute atomic E-state index is 12.6. The highest BCUT2D eigenvalue weighted by Crippen LogP contribution is 2.19. The van der Waals surface area contributed by atoms with E-state index < -0.39 is 0 Å². The summed E-state index contributed by atoms with van der Waals surface area (Å²) in [7, 11) is 0. The average Bonchev–Trinajstić information content (AvgIpc) is 3.23. The number of carbonyl (C=O) groups is 1. The first-order valence-corrected chi connectivity index (χ1v) is 9.46. The summed E-state index contributed by atoms with van der Waals surface area (Å²) in [6.45, 7) is 11.2. The number of likely N-dealkylation sites (tertiary alicyclic amines) is 1. The first kappa shape index (κ1) is 18.2. The van der Waals surface area contributed by atoms with Crippen molar-refractivity contribution < 1.29 is 9.53 Å². The Morgan fingerprint density at radius 2 is 2.20 bits per heavy atom. The Labute approximate surface area is 150 Å². The topological polar surface area (TPSA) is 62.6 Å². The van der Waals surface area contributed by atoms with E-state index in [-0.39, 0.29) is 6.03 Å². The van der Waals surface area contributed by atoms with Gasteiger partial charge in [0.15, 0.2) is 0 Å². The molecule has 7 heteroatoms. The zero-order valence-electron chi connectivity index (χ0n) is 15.5. The Bertz CT molecular complexity index is 555. The van der Waals surface area contributed by atoms with Gasteiger partial charge in [0.1, 0.15) is 5.82 Å². The van der Waals surface area contributed by atoms with Crippen molar-refractivity contribution in [3.8, 4) is 0 Å². The zero-order chi connectivity index (χ0) is 17.6. The fraction of sp³-hybridized carbons (Fsp3) is 0.778. The molecule has 0 aromatic carbocycles. The standard InChI is InChI=1S/C18H31N5O2/c1-15(13-22-7-5-19-16(22)2)12-20-18(24)23-6-3-4-17(23)14-21-8-10-25-11-9-21/h5,7,15,17H,3-4,6,8-14H2,1-2H3,(H,20,24). The van der Waals surface area contributed by atoms with E-state index in [2.05, 4.69) is 26.7 Å². The number of nitrogens with one attached hydrogen (secondary N) is 1. The Balaban J connectivity index is 1.44. The lowest BCUT2D eigenvalue weighted by molar-refractivity contribution is 0.0292. The molecule has 2 atom stereocenters. The molecule has 2 aliphatic heterocycles. The number of rotatable bonds is 6. The number of hydrogen-bond donors (Lipinski definition) is 1. The summed E-state index contributed by atoms with van der Waals surface area (Å²) < 4.78 is 7.55. The summed E-state index contributed by atoms with van der Waals surface area (Å²) in [5, 5.41) is 3.13. The molecule has 25 heavy (non-hydrogen) atoms. The van der Waals surface area contributed by atoms with Crippen molar-refractivity contribution in [2.45, 2.75) is 39.3 Å². The number of aryl methyl sites for hydroxylation is 1. The van der Waals surface area contributed by atoms with Gasteiger partial charge in [0.2, 0.25) is 0 Å². The molecule has 2 fully saturated rings. The van der Waals surface area contributed by atoms with Crippen LogP contribution in [0, 0.1) is 12.8 Å². The van der Waals surface area contributed by atoms with Crippen LogP contribution in [0.1, 0.15) is 25.6 Å². The fourth-order valence-electron chi connectivity index (χ4n) is 3.73. The third-order valence-electron chi connectivity index (χ3n) is 5.24. The molecule has 2 aliphatic rings. The first-order chi connectivity index (χ1) is 12.1. The molecule has 2 saturated heterocycles. The number of amides is 2. The van der Waals surface area contributed by atoms with E-state index in [0.29, 0.717) is 18.5 Å². The van der Waals surface area contributed by atoms with Crippen molar-refractivity contribution >= 4 is 6.03 Å². The van der Waals surface area contributed by atoms with Crippen LogP contribution < -0.4 is 5.32 Å². The summed E-state index contributed by atoms with van der Waals surface area (Å²) >= 11 is 0. The van der Waals surface area contributed by atoms with Gasteiger partial charge >= 0.3 is 6.03 Å². The van der Waals surface area contributed by atoms with Crippen molar-refractivity contribution in [2.75, 3.05) is 45.9 Å². The SMILES string of the molecule is Cc1nccn1CC(C)CNC(=O)N1CCCC1CN1CCOCC1. The average molecular weight is 349 g/mol. The van der Waals surface area contributed by atoms with E-state index >= 15 is 0 Å². The van der Waals surface area contributed by atoms with Crippen molar-refractivity contribution in [3.05, 3.63) is 18.2 Å². The second-order valence-electron chi connectivity index (χ2n) is 7.32. The van der Waals surface area contributed by atoms with Crippen LogP contribution in [0.15, 0.2) is 12.4 Å². The van der Waals surface area contributed by atoms with Crippen LogP contribution in [0.4, 0.5) is 4.79 Å². The summed E-state index contributed by atoms with van der Waals surface area (Å²) in [6, 6.07) is 0.425. The van der Waals surface area contributed by atoms with E-state index in [9.17, 15) is 4.79 Å². The largest absolute Gasteiger partial charge is 0.379 e. The first-order valence-electron chi connectivity index (χ1n) is 9.46. The minimum atomic E-state index is 0.0879. The minimum absolute atomic E-state index is 0.0879. The number of aromatic nitrogens is 2. The van der Waals surface area contributed by atoms with E-state index in [1.807, 2.05) is 24.2 Å². The third-order valence-corrected chi connectivity index (χ3v) is 5.24. The molecule has 0 aliphatic carbocycles. The maximum Gasteiger partial charge on any atom is 0.317 e. The van der Waals surface area contributed by atoms with Crippen LogP contribution in [-0.4, -0.2) is 77.4 Å². The molecule has 2 unspecified atom stereocenters. The number of morpholine rings is 1. The van der Waals surface area contributed by atoms with Crippen LogP contribution in [-0.2, 0) is 11.3 Å². The molecule has 0 bridgehead atoms. The summed E-state index contributed by atoms with van der Waals surface area (Å²) in [4.78, 5) is 21.3. The minimum Gasteiger partial charge on any atom is -0.379 e. The molecule has 7 nitrogen and oxygen atoms in total. The quantitative estimate of drug-likeness (QED) is 0.842.